The highest BCUT2D eigenvalue weighted by Gasteiger charge is 1.87. The van der Waals surface area contributed by atoms with Crippen molar-refractivity contribution in [3.63, 3.8) is 0 Å². The molecule has 0 spiro atoms. The highest BCUT2D eigenvalue weighted by molar-refractivity contribution is 5.28. The summed E-state index contributed by atoms with van der Waals surface area (Å²) in [6.07, 6.45) is 8.05. The fourth-order valence-corrected chi connectivity index (χ4v) is 0.834. The smallest absolute Gasteiger partial charge is 0.0521 e. The molecule has 0 heterocycles. The number of nitrogens with zero attached hydrogens (tertiary/aromatic N) is 1. The zero-order valence-electron chi connectivity index (χ0n) is 8.67. The minimum absolute atomic E-state index is 0.827. The molecule has 13 heavy (non-hydrogen) atoms. The van der Waals surface area contributed by atoms with Gasteiger partial charge >= 0.3 is 0 Å². The Balaban J connectivity index is 3.94. The third-order valence-corrected chi connectivity index (χ3v) is 1.62. The van der Waals surface area contributed by atoms with Crippen molar-refractivity contribution < 1.29 is 0 Å². The van der Waals surface area contributed by atoms with E-state index in [4.69, 9.17) is 0 Å². The molecule has 0 atom stereocenters. The van der Waals surface area contributed by atoms with Gasteiger partial charge in [0.1, 0.15) is 0 Å². The summed E-state index contributed by atoms with van der Waals surface area (Å²) in [5, 5.41) is 3.16. The third-order valence-electron chi connectivity index (χ3n) is 1.62. The number of allylic oxidation sites excluding steroid dienone is 3. The molecule has 0 aliphatic rings. The van der Waals surface area contributed by atoms with Crippen LogP contribution in [0.4, 0.5) is 0 Å². The molecule has 0 saturated carbocycles. The summed E-state index contributed by atoms with van der Waals surface area (Å²) < 4.78 is 0. The van der Waals surface area contributed by atoms with Gasteiger partial charge in [0.25, 0.3) is 0 Å². The third kappa shape index (κ3) is 5.91. The molecule has 0 aromatic heterocycles. The van der Waals surface area contributed by atoms with Crippen LogP contribution in [0.1, 0.15) is 20.8 Å². The topological polar surface area (TPSA) is 24.4 Å². The quantitative estimate of drug-likeness (QED) is 0.508. The molecule has 0 rings (SSSR count). The molecule has 0 radical (unpaired) electrons. The second-order valence-electron chi connectivity index (χ2n) is 2.69. The molecule has 2 nitrogen and oxygen atoms in total. The van der Waals surface area contributed by atoms with E-state index in [0.29, 0.717) is 0 Å². The first kappa shape index (κ1) is 11.7. The van der Waals surface area contributed by atoms with Gasteiger partial charge in [-0.05, 0) is 33.1 Å². The SMILES string of the molecule is C=N/C(C)=C\NCC(/C=C\C)=C/C. The summed E-state index contributed by atoms with van der Waals surface area (Å²) in [6.45, 7) is 10.2. The van der Waals surface area contributed by atoms with E-state index >= 15 is 0 Å². The van der Waals surface area contributed by atoms with Gasteiger partial charge in [-0.25, -0.2) is 0 Å². The van der Waals surface area contributed by atoms with Gasteiger partial charge in [-0.15, -0.1) is 0 Å². The average Bonchev–Trinajstić information content (AvgIpc) is 2.16. The Morgan fingerprint density at radius 2 is 2.15 bits per heavy atom. The van der Waals surface area contributed by atoms with Gasteiger partial charge in [0.15, 0.2) is 0 Å². The maximum Gasteiger partial charge on any atom is 0.0521 e. The molecule has 0 unspecified atom stereocenters. The molecule has 1 N–H and O–H groups in total. The summed E-state index contributed by atoms with van der Waals surface area (Å²) in [5.41, 5.74) is 2.16. The first-order valence-electron chi connectivity index (χ1n) is 4.39. The van der Waals surface area contributed by atoms with Crippen LogP contribution in [0.5, 0.6) is 0 Å². The van der Waals surface area contributed by atoms with Crippen LogP contribution in [0, 0.1) is 0 Å². The Kier molecular flexibility index (Phi) is 6.60. The molecule has 0 aromatic carbocycles. The summed E-state index contributed by atoms with van der Waals surface area (Å²) >= 11 is 0. The monoisotopic (exact) mass is 178 g/mol. The van der Waals surface area contributed by atoms with Crippen LogP contribution in [0.3, 0.4) is 0 Å². The molecule has 0 aromatic rings. The number of hydrogen-bond donors (Lipinski definition) is 1. The first-order valence-corrected chi connectivity index (χ1v) is 4.39. The zero-order valence-corrected chi connectivity index (χ0v) is 8.67. The molecule has 0 saturated heterocycles. The lowest BCUT2D eigenvalue weighted by Crippen LogP contribution is -2.09. The van der Waals surface area contributed by atoms with Crippen LogP contribution >= 0.6 is 0 Å². The molecular weight excluding hydrogens is 160 g/mol. The number of rotatable bonds is 5. The van der Waals surface area contributed by atoms with E-state index in [2.05, 4.69) is 29.2 Å². The number of aliphatic imine (C=N–C) groups is 1. The fourth-order valence-electron chi connectivity index (χ4n) is 0.834. The van der Waals surface area contributed by atoms with Crippen LogP contribution in [-0.2, 0) is 0 Å². The Morgan fingerprint density at radius 3 is 2.62 bits per heavy atom. The molecule has 72 valence electrons. The first-order chi connectivity index (χ1) is 6.24. The Morgan fingerprint density at radius 1 is 1.46 bits per heavy atom. The average molecular weight is 178 g/mol. The van der Waals surface area contributed by atoms with E-state index in [1.54, 1.807) is 0 Å². The summed E-state index contributed by atoms with van der Waals surface area (Å²) in [7, 11) is 0. The maximum atomic E-state index is 3.77. The van der Waals surface area contributed by atoms with Crippen LogP contribution < -0.4 is 5.32 Å². The van der Waals surface area contributed by atoms with Gasteiger partial charge in [-0.2, -0.15) is 0 Å². The van der Waals surface area contributed by atoms with Crippen LogP contribution in [-0.4, -0.2) is 13.3 Å². The van der Waals surface area contributed by atoms with Crippen molar-refractivity contribution >= 4 is 6.72 Å². The summed E-state index contributed by atoms with van der Waals surface area (Å²) in [4.78, 5) is 3.77. The Labute approximate surface area is 80.8 Å². The highest BCUT2D eigenvalue weighted by atomic mass is 14.9. The van der Waals surface area contributed by atoms with Crippen molar-refractivity contribution in [3.8, 4) is 0 Å². The summed E-state index contributed by atoms with van der Waals surface area (Å²) in [6, 6.07) is 0. The lowest BCUT2D eigenvalue weighted by atomic mass is 10.2. The Hall–Kier alpha value is -1.31. The molecule has 2 heteroatoms. The van der Waals surface area contributed by atoms with Gasteiger partial charge in [-0.1, -0.05) is 18.2 Å². The van der Waals surface area contributed by atoms with Crippen molar-refractivity contribution in [1.82, 2.24) is 5.32 Å². The minimum atomic E-state index is 0.827. The van der Waals surface area contributed by atoms with E-state index in [1.807, 2.05) is 33.0 Å². The number of hydrogen-bond acceptors (Lipinski definition) is 2. The van der Waals surface area contributed by atoms with Gasteiger partial charge in [0, 0.05) is 12.7 Å². The van der Waals surface area contributed by atoms with Crippen molar-refractivity contribution in [2.24, 2.45) is 4.99 Å². The van der Waals surface area contributed by atoms with E-state index in [-0.39, 0.29) is 0 Å². The van der Waals surface area contributed by atoms with E-state index in [1.165, 1.54) is 5.57 Å². The highest BCUT2D eigenvalue weighted by Crippen LogP contribution is 1.95. The standard InChI is InChI=1S/C11H18N2/c1-5-7-11(6-2)9-13-8-10(3)12-4/h5-8,13H,4,9H2,1-3H3/b7-5-,10-8-,11-6+. The van der Waals surface area contributed by atoms with E-state index in [9.17, 15) is 0 Å². The van der Waals surface area contributed by atoms with Crippen molar-refractivity contribution in [3.05, 3.63) is 35.7 Å². The van der Waals surface area contributed by atoms with Gasteiger partial charge in [0.05, 0.1) is 5.70 Å². The molecule has 0 aliphatic heterocycles. The molecule has 0 bridgehead atoms. The van der Waals surface area contributed by atoms with Gasteiger partial charge in [-0.3, -0.25) is 4.99 Å². The zero-order chi connectivity index (χ0) is 10.1. The Bertz CT molecular complexity index is 234. The molecular formula is C11H18N2. The number of nitrogens with one attached hydrogen (secondary N) is 1. The van der Waals surface area contributed by atoms with Gasteiger partial charge < -0.3 is 5.32 Å². The normalized spacial score (nSPS) is 13.5. The molecule has 0 fully saturated rings. The van der Waals surface area contributed by atoms with E-state index < -0.39 is 0 Å². The minimum Gasteiger partial charge on any atom is -0.385 e. The molecule has 0 aliphatic carbocycles. The van der Waals surface area contributed by atoms with Crippen LogP contribution in [0.2, 0.25) is 0 Å². The largest absolute Gasteiger partial charge is 0.385 e. The fraction of sp³-hybridized carbons (Fsp3) is 0.364. The van der Waals surface area contributed by atoms with Crippen molar-refractivity contribution in [2.75, 3.05) is 6.54 Å². The predicted molar refractivity (Wildman–Crippen MR) is 59.9 cm³/mol. The summed E-state index contributed by atoms with van der Waals surface area (Å²) in [5.74, 6) is 0. The second-order valence-corrected chi connectivity index (χ2v) is 2.69. The molecule has 0 amide bonds. The van der Waals surface area contributed by atoms with Gasteiger partial charge in [0.2, 0.25) is 0 Å². The van der Waals surface area contributed by atoms with Crippen LogP contribution in [0.15, 0.2) is 40.7 Å². The lowest BCUT2D eigenvalue weighted by Gasteiger charge is -2.01. The van der Waals surface area contributed by atoms with E-state index in [0.717, 1.165) is 12.2 Å². The second kappa shape index (κ2) is 7.35. The van der Waals surface area contributed by atoms with Crippen LogP contribution in [0.25, 0.3) is 0 Å². The van der Waals surface area contributed by atoms with Crippen molar-refractivity contribution in [2.45, 2.75) is 20.8 Å². The predicted octanol–water partition coefficient (Wildman–Crippen LogP) is 2.66. The maximum absolute atomic E-state index is 3.77. The van der Waals surface area contributed by atoms with Crippen molar-refractivity contribution in [1.29, 1.82) is 0 Å². The lowest BCUT2D eigenvalue weighted by molar-refractivity contribution is 0.936.